The molecule has 0 spiro atoms. The van der Waals surface area contributed by atoms with Crippen molar-refractivity contribution in [3.05, 3.63) is 94.0 Å². The Balaban J connectivity index is 1.52. The van der Waals surface area contributed by atoms with Gasteiger partial charge in [-0.15, -0.1) is 0 Å². The lowest BCUT2D eigenvalue weighted by Gasteiger charge is -2.19. The van der Waals surface area contributed by atoms with Crippen LogP contribution in [0.15, 0.2) is 60.7 Å². The molecule has 4 nitrogen and oxygen atoms in total. The smallest absolute Gasteiger partial charge is 0.418 e. The van der Waals surface area contributed by atoms with E-state index in [9.17, 15) is 23.1 Å². The zero-order valence-corrected chi connectivity index (χ0v) is 20.7. The van der Waals surface area contributed by atoms with Gasteiger partial charge in [-0.05, 0) is 72.7 Å². The molecular formula is C28H26F3NO3S. The molecule has 4 rings (SSSR count). The zero-order chi connectivity index (χ0) is 26.0. The van der Waals surface area contributed by atoms with Crippen molar-refractivity contribution < 1.29 is 27.8 Å². The second-order valence-electron chi connectivity index (χ2n) is 9.06. The number of rotatable bonds is 8. The summed E-state index contributed by atoms with van der Waals surface area (Å²) in [4.78, 5) is 11.4. The summed E-state index contributed by atoms with van der Waals surface area (Å²) >= 11 is 5.53. The second kappa shape index (κ2) is 10.3. The quantitative estimate of drug-likeness (QED) is 0.320. The van der Waals surface area contributed by atoms with Crippen molar-refractivity contribution in [3.63, 3.8) is 0 Å². The fourth-order valence-electron chi connectivity index (χ4n) is 4.46. The van der Waals surface area contributed by atoms with Gasteiger partial charge in [0.1, 0.15) is 10.7 Å². The molecule has 0 saturated heterocycles. The summed E-state index contributed by atoms with van der Waals surface area (Å²) in [5.41, 5.74) is 2.88. The van der Waals surface area contributed by atoms with E-state index >= 15 is 0 Å². The summed E-state index contributed by atoms with van der Waals surface area (Å²) in [6.45, 7) is 4.16. The van der Waals surface area contributed by atoms with Crippen molar-refractivity contribution in [1.29, 1.82) is 0 Å². The molecule has 0 aromatic heterocycles. The topological polar surface area (TPSA) is 58.6 Å². The third-order valence-corrected chi connectivity index (χ3v) is 6.67. The van der Waals surface area contributed by atoms with Crippen LogP contribution in [0.25, 0.3) is 0 Å². The summed E-state index contributed by atoms with van der Waals surface area (Å²) in [6, 6.07) is 17.3. The highest BCUT2D eigenvalue weighted by molar-refractivity contribution is 7.81. The van der Waals surface area contributed by atoms with Gasteiger partial charge in [0.2, 0.25) is 0 Å². The monoisotopic (exact) mass is 513 g/mol. The Morgan fingerprint density at radius 1 is 1.08 bits per heavy atom. The van der Waals surface area contributed by atoms with E-state index in [-0.39, 0.29) is 16.6 Å². The van der Waals surface area contributed by atoms with Gasteiger partial charge in [0, 0.05) is 12.0 Å². The first kappa shape index (κ1) is 25.7. The maximum Gasteiger partial charge on any atom is 0.418 e. The predicted molar refractivity (Wildman–Crippen MR) is 137 cm³/mol. The van der Waals surface area contributed by atoms with E-state index in [1.165, 1.54) is 12.1 Å². The standard InChI is InChI=1S/C28H26F3NO3S/c1-16-12-20(35-11-10-18-6-4-3-5-7-18)13-17(2)25(16)26(36)32-24-14-19(21-15-22(21)27(33)34)8-9-23(24)28(29,30)31/h3-9,12-14,21-22H,10-11,15H2,1-2H3,(H,32,36)(H,33,34)/t21-,22-/m1/s1. The number of alkyl halides is 3. The highest BCUT2D eigenvalue weighted by Crippen LogP contribution is 2.49. The average molecular weight is 514 g/mol. The van der Waals surface area contributed by atoms with Crippen LogP contribution in [0.1, 0.15) is 45.7 Å². The Labute approximate surface area is 213 Å². The van der Waals surface area contributed by atoms with Crippen molar-refractivity contribution in [2.24, 2.45) is 5.92 Å². The molecule has 0 heterocycles. The van der Waals surface area contributed by atoms with E-state index in [2.05, 4.69) is 5.32 Å². The number of nitrogens with one attached hydrogen (secondary N) is 1. The summed E-state index contributed by atoms with van der Waals surface area (Å²) < 4.78 is 47.0. The molecule has 0 radical (unpaired) electrons. The molecule has 2 N–H and O–H groups in total. The van der Waals surface area contributed by atoms with Gasteiger partial charge in [-0.25, -0.2) is 0 Å². The number of ether oxygens (including phenoxy) is 1. The highest BCUT2D eigenvalue weighted by Gasteiger charge is 2.45. The van der Waals surface area contributed by atoms with E-state index in [0.717, 1.165) is 29.2 Å². The molecule has 2 atom stereocenters. The highest BCUT2D eigenvalue weighted by atomic mass is 32.1. The zero-order valence-electron chi connectivity index (χ0n) is 19.9. The van der Waals surface area contributed by atoms with E-state index < -0.39 is 23.6 Å². The van der Waals surface area contributed by atoms with Crippen molar-refractivity contribution in [3.8, 4) is 5.75 Å². The van der Waals surface area contributed by atoms with Gasteiger partial charge in [-0.3, -0.25) is 4.79 Å². The summed E-state index contributed by atoms with van der Waals surface area (Å²) in [5.74, 6) is -1.14. The van der Waals surface area contributed by atoms with Gasteiger partial charge in [0.05, 0.1) is 23.8 Å². The molecule has 1 aliphatic carbocycles. The first-order valence-corrected chi connectivity index (χ1v) is 12.0. The van der Waals surface area contributed by atoms with E-state index in [1.807, 2.05) is 56.3 Å². The Hall–Kier alpha value is -3.39. The summed E-state index contributed by atoms with van der Waals surface area (Å²) in [5, 5.41) is 12.0. The number of carboxylic acid groups (broad SMARTS) is 1. The molecule has 36 heavy (non-hydrogen) atoms. The lowest BCUT2D eigenvalue weighted by Crippen LogP contribution is -2.18. The van der Waals surface area contributed by atoms with Crippen LogP contribution in [-0.4, -0.2) is 22.7 Å². The van der Waals surface area contributed by atoms with Crippen LogP contribution in [0, 0.1) is 19.8 Å². The molecule has 3 aromatic rings. The lowest BCUT2D eigenvalue weighted by atomic mass is 10.0. The largest absolute Gasteiger partial charge is 0.493 e. The summed E-state index contributed by atoms with van der Waals surface area (Å²) in [7, 11) is 0. The third kappa shape index (κ3) is 5.87. The molecule has 0 bridgehead atoms. The minimum absolute atomic E-state index is 0.161. The van der Waals surface area contributed by atoms with Crippen LogP contribution in [0.5, 0.6) is 5.75 Å². The predicted octanol–water partition coefficient (Wildman–Crippen LogP) is 6.92. The number of anilines is 1. The number of carboxylic acids is 1. The third-order valence-electron chi connectivity index (χ3n) is 6.37. The molecular weight excluding hydrogens is 487 g/mol. The van der Waals surface area contributed by atoms with Gasteiger partial charge in [0.25, 0.3) is 0 Å². The van der Waals surface area contributed by atoms with Gasteiger partial charge < -0.3 is 15.2 Å². The number of aliphatic carboxylic acids is 1. The van der Waals surface area contributed by atoms with Crippen LogP contribution in [0.2, 0.25) is 0 Å². The van der Waals surface area contributed by atoms with Gasteiger partial charge in [0.15, 0.2) is 0 Å². The molecule has 0 unspecified atom stereocenters. The van der Waals surface area contributed by atoms with Crippen molar-refractivity contribution in [2.75, 3.05) is 11.9 Å². The van der Waals surface area contributed by atoms with Crippen LogP contribution < -0.4 is 10.1 Å². The molecule has 188 valence electrons. The SMILES string of the molecule is Cc1cc(OCCc2ccccc2)cc(C)c1C(=S)Nc1cc([C@H]2C[C@H]2C(=O)O)ccc1C(F)(F)F. The Kier molecular flexibility index (Phi) is 7.36. The molecule has 1 aliphatic rings. The normalized spacial score (nSPS) is 16.9. The maximum atomic E-state index is 13.7. The number of carbonyl (C=O) groups is 1. The fraction of sp³-hybridized carbons (Fsp3) is 0.286. The van der Waals surface area contributed by atoms with Crippen LogP contribution in [0.3, 0.4) is 0 Å². The van der Waals surface area contributed by atoms with Crippen LogP contribution in [-0.2, 0) is 17.4 Å². The fourth-order valence-corrected chi connectivity index (χ4v) is 4.89. The van der Waals surface area contributed by atoms with Gasteiger partial charge in [-0.1, -0.05) is 48.6 Å². The number of halogens is 3. The van der Waals surface area contributed by atoms with E-state index in [1.54, 1.807) is 0 Å². The number of thiocarbonyl (C=S) groups is 1. The molecule has 3 aromatic carbocycles. The minimum atomic E-state index is -4.59. The maximum absolute atomic E-state index is 13.7. The molecule has 8 heteroatoms. The van der Waals surface area contributed by atoms with Crippen LogP contribution in [0.4, 0.5) is 18.9 Å². The molecule has 0 aliphatic heterocycles. The van der Waals surface area contributed by atoms with E-state index in [4.69, 9.17) is 17.0 Å². The van der Waals surface area contributed by atoms with Crippen LogP contribution >= 0.6 is 12.2 Å². The van der Waals surface area contributed by atoms with Crippen molar-refractivity contribution >= 4 is 28.9 Å². The lowest BCUT2D eigenvalue weighted by molar-refractivity contribution is -0.139. The molecule has 1 fully saturated rings. The average Bonchev–Trinajstić information content (AvgIpc) is 3.60. The number of benzene rings is 3. The first-order chi connectivity index (χ1) is 17.0. The van der Waals surface area contributed by atoms with Gasteiger partial charge in [-0.2, -0.15) is 13.2 Å². The van der Waals surface area contributed by atoms with E-state index in [0.29, 0.717) is 29.9 Å². The molecule has 0 amide bonds. The Morgan fingerprint density at radius 3 is 2.33 bits per heavy atom. The number of hydrogen-bond acceptors (Lipinski definition) is 3. The van der Waals surface area contributed by atoms with Crippen molar-refractivity contribution in [2.45, 2.75) is 38.8 Å². The Bertz CT molecular complexity index is 1270. The van der Waals surface area contributed by atoms with Crippen molar-refractivity contribution in [1.82, 2.24) is 0 Å². The minimum Gasteiger partial charge on any atom is -0.493 e. The number of aryl methyl sites for hydroxylation is 2. The Morgan fingerprint density at radius 2 is 1.75 bits per heavy atom. The van der Waals surface area contributed by atoms with Gasteiger partial charge >= 0.3 is 12.1 Å². The first-order valence-electron chi connectivity index (χ1n) is 11.6. The molecule has 1 saturated carbocycles. The number of hydrogen-bond donors (Lipinski definition) is 2. The second-order valence-corrected chi connectivity index (χ2v) is 9.47. The summed E-state index contributed by atoms with van der Waals surface area (Å²) in [6.07, 6.45) is -3.43.